The van der Waals surface area contributed by atoms with Crippen LogP contribution in [0, 0.1) is 41.7 Å². The van der Waals surface area contributed by atoms with Crippen LogP contribution in [0.3, 0.4) is 0 Å². The molecule has 0 aromatic heterocycles. The molecule has 0 saturated carbocycles. The van der Waals surface area contributed by atoms with E-state index >= 15 is 0 Å². The Kier molecular flexibility index (Phi) is 45.6. The monoisotopic (exact) mass is 508 g/mol. The third-order valence-corrected chi connectivity index (χ3v) is 1.62. The zero-order valence-electron chi connectivity index (χ0n) is 10.5. The van der Waals surface area contributed by atoms with E-state index in [1.165, 1.54) is 0 Å². The molecule has 0 aliphatic carbocycles. The van der Waals surface area contributed by atoms with Gasteiger partial charge in [0.05, 0.1) is 23.0 Å². The van der Waals surface area contributed by atoms with Crippen LogP contribution in [0.2, 0.25) is 0 Å². The zero-order chi connectivity index (χ0) is 17.1. The standard InChI is InChI=1S/4C2H4O2S.Ce/c4*3-2(4)1-5;/h4*5H,1H2,(H,3,4);. The van der Waals surface area contributed by atoms with Crippen LogP contribution in [-0.4, -0.2) is 67.3 Å². The Bertz CT molecular complexity index is 233. The molecule has 0 aromatic carbocycles. The van der Waals surface area contributed by atoms with Crippen LogP contribution in [0.1, 0.15) is 0 Å². The van der Waals surface area contributed by atoms with Crippen LogP contribution in [-0.2, 0) is 19.2 Å². The Morgan fingerprint density at radius 1 is 0.524 bits per heavy atom. The summed E-state index contributed by atoms with van der Waals surface area (Å²) >= 11 is 13.7. The second-order valence-electron chi connectivity index (χ2n) is 2.21. The first-order valence-corrected chi connectivity index (χ1v) is 6.92. The van der Waals surface area contributed by atoms with E-state index in [1.807, 2.05) is 0 Å². The molecule has 0 heterocycles. The number of carboxylic acids is 4. The Hall–Kier alpha value is 0.657. The average molecular weight is 509 g/mol. The summed E-state index contributed by atoms with van der Waals surface area (Å²) in [7, 11) is 0. The minimum absolute atomic E-state index is 0. The molecular weight excluding hydrogens is 492 g/mol. The quantitative estimate of drug-likeness (QED) is 0.248. The van der Waals surface area contributed by atoms with E-state index in [0.29, 0.717) is 0 Å². The number of hydrogen-bond donors (Lipinski definition) is 8. The fourth-order valence-corrected chi connectivity index (χ4v) is 0. The molecule has 21 heavy (non-hydrogen) atoms. The van der Waals surface area contributed by atoms with Crippen LogP contribution in [0.5, 0.6) is 0 Å². The van der Waals surface area contributed by atoms with Crippen LogP contribution >= 0.6 is 50.5 Å². The first-order chi connectivity index (χ1) is 9.08. The van der Waals surface area contributed by atoms with E-state index in [0.717, 1.165) is 0 Å². The van der Waals surface area contributed by atoms with E-state index in [-0.39, 0.29) is 64.8 Å². The molecule has 0 rings (SSSR count). The fourth-order valence-electron chi connectivity index (χ4n) is 0. The van der Waals surface area contributed by atoms with E-state index in [1.54, 1.807) is 0 Å². The van der Waals surface area contributed by atoms with Gasteiger partial charge in [-0.25, -0.2) is 0 Å². The van der Waals surface area contributed by atoms with Gasteiger partial charge < -0.3 is 20.4 Å². The minimum Gasteiger partial charge on any atom is -0.481 e. The first-order valence-electron chi connectivity index (χ1n) is 4.39. The molecule has 0 aliphatic rings. The van der Waals surface area contributed by atoms with Crippen molar-refractivity contribution in [3.8, 4) is 0 Å². The maximum atomic E-state index is 9.29. The first kappa shape index (κ1) is 33.3. The van der Waals surface area contributed by atoms with Crippen molar-refractivity contribution in [3.63, 3.8) is 0 Å². The summed E-state index contributed by atoms with van der Waals surface area (Å²) in [5.74, 6) is -3.86. The number of carbonyl (C=O) groups is 4. The largest absolute Gasteiger partial charge is 0.481 e. The normalized spacial score (nSPS) is 7.05. The van der Waals surface area contributed by atoms with Crippen LogP contribution in [0.15, 0.2) is 0 Å². The van der Waals surface area contributed by atoms with Gasteiger partial charge in [0.15, 0.2) is 0 Å². The van der Waals surface area contributed by atoms with Crippen molar-refractivity contribution < 1.29 is 81.4 Å². The second-order valence-corrected chi connectivity index (χ2v) is 3.47. The van der Waals surface area contributed by atoms with Gasteiger partial charge in [-0.05, 0) is 0 Å². The molecular formula is C8H16CeO8S4. The number of aliphatic carboxylic acids is 4. The second kappa shape index (κ2) is 28.8. The summed E-state index contributed by atoms with van der Waals surface area (Å²) in [4.78, 5) is 37.2. The maximum Gasteiger partial charge on any atom is 0.313 e. The molecule has 0 radical (unpaired) electrons. The molecule has 0 atom stereocenters. The van der Waals surface area contributed by atoms with E-state index in [4.69, 9.17) is 20.4 Å². The van der Waals surface area contributed by atoms with Gasteiger partial charge >= 0.3 is 23.9 Å². The zero-order valence-corrected chi connectivity index (χ0v) is 17.3. The van der Waals surface area contributed by atoms with Gasteiger partial charge in [-0.3, -0.25) is 19.2 Å². The van der Waals surface area contributed by atoms with E-state index < -0.39 is 23.9 Å². The predicted molar refractivity (Wildman–Crippen MR) is 86.0 cm³/mol. The Balaban J connectivity index is -0.0000000533. The molecule has 13 heteroatoms. The molecule has 0 amide bonds. The molecule has 0 unspecified atom stereocenters. The molecule has 0 spiro atoms. The number of carboxylic acid groups (broad SMARTS) is 4. The molecule has 0 aliphatic heterocycles. The van der Waals surface area contributed by atoms with Crippen molar-refractivity contribution in [2.75, 3.05) is 23.0 Å². The van der Waals surface area contributed by atoms with Gasteiger partial charge in [0.1, 0.15) is 0 Å². The van der Waals surface area contributed by atoms with Gasteiger partial charge in [0.2, 0.25) is 0 Å². The average Bonchev–Trinajstić information content (AvgIpc) is 2.40. The molecule has 0 saturated heterocycles. The van der Waals surface area contributed by atoms with Crippen molar-refractivity contribution in [2.45, 2.75) is 0 Å². The van der Waals surface area contributed by atoms with Gasteiger partial charge in [-0.1, -0.05) is 0 Å². The van der Waals surface area contributed by atoms with E-state index in [9.17, 15) is 19.2 Å². The topological polar surface area (TPSA) is 149 Å². The number of thiol groups is 4. The van der Waals surface area contributed by atoms with Crippen LogP contribution < -0.4 is 0 Å². The SMILES string of the molecule is O=C(O)CS.O=C(O)CS.O=C(O)CS.O=C(O)CS.[Ce]. The van der Waals surface area contributed by atoms with Crippen molar-refractivity contribution in [1.29, 1.82) is 0 Å². The van der Waals surface area contributed by atoms with Gasteiger partial charge in [-0.15, -0.1) is 0 Å². The summed E-state index contributed by atoms with van der Waals surface area (Å²) in [5.41, 5.74) is 0. The molecule has 4 N–H and O–H groups in total. The van der Waals surface area contributed by atoms with Gasteiger partial charge in [0, 0.05) is 41.7 Å². The molecule has 0 fully saturated rings. The third-order valence-electron chi connectivity index (χ3n) is 0.541. The van der Waals surface area contributed by atoms with Crippen LogP contribution in [0.25, 0.3) is 0 Å². The molecule has 0 aromatic rings. The Labute approximate surface area is 177 Å². The number of hydrogen-bond acceptors (Lipinski definition) is 8. The molecule has 0 bridgehead atoms. The number of rotatable bonds is 4. The summed E-state index contributed by atoms with van der Waals surface area (Å²) < 4.78 is 0. The smallest absolute Gasteiger partial charge is 0.313 e. The Morgan fingerprint density at radius 2 is 0.571 bits per heavy atom. The van der Waals surface area contributed by atoms with Crippen molar-refractivity contribution >= 4 is 74.4 Å². The fraction of sp³-hybridized carbons (Fsp3) is 0.500. The summed E-state index contributed by atoms with van der Waals surface area (Å²) in [5, 5.41) is 30.6. The summed E-state index contributed by atoms with van der Waals surface area (Å²) in [6, 6.07) is 0. The molecule has 8 nitrogen and oxygen atoms in total. The predicted octanol–water partition coefficient (Wildman–Crippen LogP) is 0.00320. The van der Waals surface area contributed by atoms with Crippen molar-refractivity contribution in [2.24, 2.45) is 0 Å². The van der Waals surface area contributed by atoms with Gasteiger partial charge in [0.25, 0.3) is 0 Å². The minimum atomic E-state index is -0.881. The van der Waals surface area contributed by atoms with Crippen molar-refractivity contribution in [1.82, 2.24) is 0 Å². The summed E-state index contributed by atoms with van der Waals surface area (Å²) in [6.07, 6.45) is 0. The van der Waals surface area contributed by atoms with Crippen LogP contribution in [0.4, 0.5) is 0 Å². The summed E-state index contributed by atoms with van der Waals surface area (Å²) in [6.45, 7) is 0. The third kappa shape index (κ3) is 95.9. The molecule has 124 valence electrons. The van der Waals surface area contributed by atoms with E-state index in [2.05, 4.69) is 50.5 Å². The van der Waals surface area contributed by atoms with Crippen molar-refractivity contribution in [3.05, 3.63) is 0 Å². The maximum absolute atomic E-state index is 9.29. The Morgan fingerprint density at radius 3 is 0.571 bits per heavy atom. The van der Waals surface area contributed by atoms with Gasteiger partial charge in [-0.2, -0.15) is 50.5 Å².